The van der Waals surface area contributed by atoms with Crippen molar-refractivity contribution in [2.24, 2.45) is 0 Å². The predicted molar refractivity (Wildman–Crippen MR) is 83.8 cm³/mol. The number of nitrogens with one attached hydrogen (secondary N) is 2. The second kappa shape index (κ2) is 6.93. The largest absolute Gasteiger partial charge is 0.352 e. The maximum Gasteiger partial charge on any atom is 0.250 e. The Hall–Kier alpha value is -2.18. The number of carbonyl (C=O) groups excluding carboxylic acids is 2. The molecule has 0 unspecified atom stereocenters. The molecule has 7 nitrogen and oxygen atoms in total. The van der Waals surface area contributed by atoms with E-state index in [1.54, 1.807) is 4.90 Å². The van der Waals surface area contributed by atoms with E-state index < -0.39 is 0 Å². The van der Waals surface area contributed by atoms with E-state index in [1.807, 2.05) is 0 Å². The molecule has 1 aliphatic heterocycles. The molecule has 2 aliphatic rings. The Kier molecular flexibility index (Phi) is 4.73. The summed E-state index contributed by atoms with van der Waals surface area (Å²) in [4.78, 5) is 43.6. The van der Waals surface area contributed by atoms with Gasteiger partial charge in [0.1, 0.15) is 0 Å². The summed E-state index contributed by atoms with van der Waals surface area (Å²) in [7, 11) is 0. The van der Waals surface area contributed by atoms with E-state index in [9.17, 15) is 14.4 Å². The molecule has 2 amide bonds. The number of hydrogen-bond donors (Lipinski definition) is 2. The summed E-state index contributed by atoms with van der Waals surface area (Å²) < 4.78 is 0. The van der Waals surface area contributed by atoms with Crippen LogP contribution in [-0.4, -0.2) is 45.8 Å². The highest BCUT2D eigenvalue weighted by atomic mass is 16.2. The lowest BCUT2D eigenvalue weighted by Gasteiger charge is -2.35. The molecule has 1 aromatic rings. The summed E-state index contributed by atoms with van der Waals surface area (Å²) in [5, 5.41) is 2.97. The molecule has 0 bridgehead atoms. The topological polar surface area (TPSA) is 95.2 Å². The van der Waals surface area contributed by atoms with Gasteiger partial charge in [0.05, 0.1) is 18.6 Å². The Morgan fingerprint density at radius 1 is 1.30 bits per heavy atom. The second-order valence-electron chi connectivity index (χ2n) is 6.39. The minimum absolute atomic E-state index is 0.0804. The van der Waals surface area contributed by atoms with Crippen molar-refractivity contribution in [2.75, 3.05) is 13.1 Å². The normalized spacial score (nSPS) is 24.7. The van der Waals surface area contributed by atoms with Crippen LogP contribution in [0, 0.1) is 0 Å². The first-order chi connectivity index (χ1) is 11.1. The van der Waals surface area contributed by atoms with Crippen LogP contribution in [0.4, 0.5) is 0 Å². The third kappa shape index (κ3) is 3.97. The zero-order valence-corrected chi connectivity index (χ0v) is 13.1. The zero-order valence-electron chi connectivity index (χ0n) is 13.1. The van der Waals surface area contributed by atoms with Gasteiger partial charge in [0.25, 0.3) is 5.56 Å². The number of carbonyl (C=O) groups is 2. The molecule has 1 aromatic heterocycles. The summed E-state index contributed by atoms with van der Waals surface area (Å²) in [6.45, 7) is 0.833. The Bertz CT molecular complexity index is 636. The number of aromatic nitrogens is 2. The Morgan fingerprint density at radius 3 is 2.91 bits per heavy atom. The van der Waals surface area contributed by atoms with Gasteiger partial charge >= 0.3 is 0 Å². The highest BCUT2D eigenvalue weighted by Gasteiger charge is 2.33. The summed E-state index contributed by atoms with van der Waals surface area (Å²) in [6, 6.07) is 1.62. The lowest BCUT2D eigenvalue weighted by molar-refractivity contribution is -0.136. The molecule has 23 heavy (non-hydrogen) atoms. The van der Waals surface area contributed by atoms with Crippen LogP contribution in [0.3, 0.4) is 0 Å². The van der Waals surface area contributed by atoms with Gasteiger partial charge in [-0.2, -0.15) is 0 Å². The highest BCUT2D eigenvalue weighted by Crippen LogP contribution is 2.35. The molecule has 1 saturated carbocycles. The summed E-state index contributed by atoms with van der Waals surface area (Å²) in [6.07, 6.45) is 6.48. The lowest BCUT2D eigenvalue weighted by Crippen LogP contribution is -2.48. The van der Waals surface area contributed by atoms with Crippen molar-refractivity contribution in [3.05, 3.63) is 28.4 Å². The molecule has 1 aliphatic carbocycles. The van der Waals surface area contributed by atoms with Crippen LogP contribution >= 0.6 is 0 Å². The van der Waals surface area contributed by atoms with Gasteiger partial charge in [-0.1, -0.05) is 6.42 Å². The first-order valence-corrected chi connectivity index (χ1v) is 8.23. The predicted octanol–water partition coefficient (Wildman–Crippen LogP) is 0.535. The van der Waals surface area contributed by atoms with Gasteiger partial charge < -0.3 is 15.2 Å². The van der Waals surface area contributed by atoms with Gasteiger partial charge in [-0.25, -0.2) is 4.98 Å². The number of amides is 2. The first kappa shape index (κ1) is 15.7. The van der Waals surface area contributed by atoms with Gasteiger partial charge in [0.15, 0.2) is 0 Å². The van der Waals surface area contributed by atoms with Gasteiger partial charge in [-0.15, -0.1) is 0 Å². The Morgan fingerprint density at radius 2 is 2.13 bits per heavy atom. The van der Waals surface area contributed by atoms with E-state index >= 15 is 0 Å². The SMILES string of the molecule is O=C(CN1CCCCCC1=O)NC1CC(c2cc(=O)[nH]cn2)C1. The molecular weight excluding hydrogens is 296 g/mol. The Labute approximate surface area is 134 Å². The molecule has 0 spiro atoms. The number of H-pyrrole nitrogens is 1. The van der Waals surface area contributed by atoms with Crippen LogP contribution in [0.15, 0.2) is 17.2 Å². The van der Waals surface area contributed by atoms with Gasteiger partial charge in [0, 0.05) is 31.0 Å². The van der Waals surface area contributed by atoms with Crippen LogP contribution in [-0.2, 0) is 9.59 Å². The van der Waals surface area contributed by atoms with Crippen LogP contribution in [0.2, 0.25) is 0 Å². The molecule has 0 aromatic carbocycles. The van der Waals surface area contributed by atoms with Gasteiger partial charge in [-0.3, -0.25) is 14.4 Å². The van der Waals surface area contributed by atoms with Crippen molar-refractivity contribution in [3.63, 3.8) is 0 Å². The van der Waals surface area contributed by atoms with E-state index in [2.05, 4.69) is 15.3 Å². The third-order valence-corrected chi connectivity index (χ3v) is 4.63. The van der Waals surface area contributed by atoms with Crippen LogP contribution in [0.5, 0.6) is 0 Å². The number of aromatic amines is 1. The van der Waals surface area contributed by atoms with E-state index in [-0.39, 0.29) is 35.9 Å². The average molecular weight is 318 g/mol. The maximum atomic E-state index is 12.1. The lowest BCUT2D eigenvalue weighted by atomic mass is 9.78. The minimum Gasteiger partial charge on any atom is -0.352 e. The smallest absolute Gasteiger partial charge is 0.250 e. The zero-order chi connectivity index (χ0) is 16.2. The standard InChI is InChI=1S/C16H22N4O3/c21-14-8-13(17-10-18-14)11-6-12(7-11)19-15(22)9-20-5-3-1-2-4-16(20)23/h8,10-12H,1-7,9H2,(H,19,22)(H,17,18,21). The van der Waals surface area contributed by atoms with Crippen molar-refractivity contribution in [2.45, 2.75) is 50.5 Å². The molecule has 2 heterocycles. The molecule has 3 rings (SSSR count). The summed E-state index contributed by atoms with van der Waals surface area (Å²) >= 11 is 0. The average Bonchev–Trinajstić information content (AvgIpc) is 2.67. The maximum absolute atomic E-state index is 12.1. The van der Waals surface area contributed by atoms with Crippen LogP contribution in [0.1, 0.15) is 50.1 Å². The molecule has 0 radical (unpaired) electrons. The molecule has 7 heteroatoms. The van der Waals surface area contributed by atoms with Crippen molar-refractivity contribution in [3.8, 4) is 0 Å². The van der Waals surface area contributed by atoms with E-state index in [1.165, 1.54) is 12.4 Å². The number of rotatable bonds is 4. The molecule has 2 N–H and O–H groups in total. The van der Waals surface area contributed by atoms with Gasteiger partial charge in [-0.05, 0) is 25.7 Å². The molecular formula is C16H22N4O3. The monoisotopic (exact) mass is 318 g/mol. The first-order valence-electron chi connectivity index (χ1n) is 8.23. The van der Waals surface area contributed by atoms with E-state index in [0.717, 1.165) is 37.8 Å². The van der Waals surface area contributed by atoms with Crippen LogP contribution in [0.25, 0.3) is 0 Å². The number of hydrogen-bond acceptors (Lipinski definition) is 4. The molecule has 124 valence electrons. The van der Waals surface area contributed by atoms with Crippen molar-refractivity contribution >= 4 is 11.8 Å². The number of likely N-dealkylation sites (tertiary alicyclic amines) is 1. The fraction of sp³-hybridized carbons (Fsp3) is 0.625. The molecule has 0 atom stereocenters. The van der Waals surface area contributed by atoms with Gasteiger partial charge in [0.2, 0.25) is 11.8 Å². The van der Waals surface area contributed by atoms with Crippen molar-refractivity contribution in [1.29, 1.82) is 0 Å². The molecule has 1 saturated heterocycles. The van der Waals surface area contributed by atoms with E-state index in [4.69, 9.17) is 0 Å². The third-order valence-electron chi connectivity index (χ3n) is 4.63. The minimum atomic E-state index is -0.151. The van der Waals surface area contributed by atoms with Crippen molar-refractivity contribution < 1.29 is 9.59 Å². The molecule has 2 fully saturated rings. The quantitative estimate of drug-likeness (QED) is 0.847. The summed E-state index contributed by atoms with van der Waals surface area (Å²) in [5.41, 5.74) is 0.629. The van der Waals surface area contributed by atoms with Crippen molar-refractivity contribution in [1.82, 2.24) is 20.2 Å². The highest BCUT2D eigenvalue weighted by molar-refractivity contribution is 5.85. The summed E-state index contributed by atoms with van der Waals surface area (Å²) in [5.74, 6) is 0.210. The second-order valence-corrected chi connectivity index (χ2v) is 6.39. The van der Waals surface area contributed by atoms with E-state index in [0.29, 0.717) is 13.0 Å². The Balaban J connectivity index is 1.45. The fourth-order valence-electron chi connectivity index (χ4n) is 3.24. The fourth-order valence-corrected chi connectivity index (χ4v) is 3.24. The van der Waals surface area contributed by atoms with Crippen LogP contribution < -0.4 is 10.9 Å². The number of nitrogens with zero attached hydrogens (tertiary/aromatic N) is 2.